The molecule has 0 radical (unpaired) electrons. The minimum Gasteiger partial charge on any atom is -0.394 e. The van der Waals surface area contributed by atoms with E-state index in [0.717, 1.165) is 12.8 Å². The normalized spacial score (nSPS) is 13.6. The van der Waals surface area contributed by atoms with Crippen molar-refractivity contribution in [3.8, 4) is 0 Å². The molecule has 7 N–H and O–H groups in total. The standard InChI is InChI=1S/C20H39N5O5/c1-4-7-11-22-18(28)14(21)10-8-9-12-23-19(29)16(13-26)25-20(30)15(5-2)24-17(27)6-3/h14-16,26H,4-13,21H2,1-3H3,(H,22,28)(H,23,29)(H,24,27)(H,25,30)/t14-,15-,16?/m0/s1. The highest BCUT2D eigenvalue weighted by Crippen LogP contribution is 2.00. The van der Waals surface area contributed by atoms with E-state index in [4.69, 9.17) is 5.73 Å². The van der Waals surface area contributed by atoms with Crippen molar-refractivity contribution >= 4 is 23.6 Å². The summed E-state index contributed by atoms with van der Waals surface area (Å²) in [5, 5.41) is 19.9. The molecule has 30 heavy (non-hydrogen) atoms. The summed E-state index contributed by atoms with van der Waals surface area (Å²) in [5.41, 5.74) is 5.84. The maximum atomic E-state index is 12.2. The van der Waals surface area contributed by atoms with E-state index in [1.54, 1.807) is 13.8 Å². The fraction of sp³-hybridized carbons (Fsp3) is 0.800. The van der Waals surface area contributed by atoms with E-state index in [-0.39, 0.29) is 18.2 Å². The van der Waals surface area contributed by atoms with Gasteiger partial charge in [0.1, 0.15) is 12.1 Å². The Hall–Kier alpha value is -2.20. The van der Waals surface area contributed by atoms with Crippen molar-refractivity contribution in [1.82, 2.24) is 21.3 Å². The first-order valence-electron chi connectivity index (χ1n) is 10.8. The van der Waals surface area contributed by atoms with E-state index in [1.807, 2.05) is 6.92 Å². The van der Waals surface area contributed by atoms with Crippen LogP contribution in [0.25, 0.3) is 0 Å². The summed E-state index contributed by atoms with van der Waals surface area (Å²) < 4.78 is 0. The van der Waals surface area contributed by atoms with Crippen LogP contribution in [0.5, 0.6) is 0 Å². The Morgan fingerprint density at radius 3 is 2.03 bits per heavy atom. The minimum atomic E-state index is -1.10. The number of amides is 4. The van der Waals surface area contributed by atoms with E-state index in [0.29, 0.717) is 38.8 Å². The summed E-state index contributed by atoms with van der Waals surface area (Å²) in [5.74, 6) is -1.46. The molecule has 0 aromatic rings. The van der Waals surface area contributed by atoms with Crippen molar-refractivity contribution in [1.29, 1.82) is 0 Å². The van der Waals surface area contributed by atoms with Gasteiger partial charge >= 0.3 is 0 Å². The van der Waals surface area contributed by atoms with Crippen molar-refractivity contribution in [3.05, 3.63) is 0 Å². The lowest BCUT2D eigenvalue weighted by molar-refractivity contribution is -0.132. The highest BCUT2D eigenvalue weighted by molar-refractivity contribution is 5.92. The molecule has 1 unspecified atom stereocenters. The van der Waals surface area contributed by atoms with Gasteiger partial charge in [0.2, 0.25) is 23.6 Å². The monoisotopic (exact) mass is 429 g/mol. The van der Waals surface area contributed by atoms with E-state index < -0.39 is 36.5 Å². The minimum absolute atomic E-state index is 0.170. The van der Waals surface area contributed by atoms with Crippen LogP contribution < -0.4 is 27.0 Å². The van der Waals surface area contributed by atoms with Crippen LogP contribution in [0.2, 0.25) is 0 Å². The van der Waals surface area contributed by atoms with Crippen molar-refractivity contribution in [3.63, 3.8) is 0 Å². The van der Waals surface area contributed by atoms with E-state index in [2.05, 4.69) is 21.3 Å². The zero-order chi connectivity index (χ0) is 22.9. The second-order valence-corrected chi connectivity index (χ2v) is 7.16. The van der Waals surface area contributed by atoms with Crippen molar-refractivity contribution in [2.75, 3.05) is 19.7 Å². The lowest BCUT2D eigenvalue weighted by Crippen LogP contribution is -2.54. The number of aliphatic hydroxyl groups excluding tert-OH is 1. The molecule has 174 valence electrons. The molecule has 0 aliphatic heterocycles. The second kappa shape index (κ2) is 16.6. The molecule has 3 atom stereocenters. The summed E-state index contributed by atoms with van der Waals surface area (Å²) in [6, 6.07) is -2.44. The zero-order valence-electron chi connectivity index (χ0n) is 18.5. The Morgan fingerprint density at radius 1 is 0.833 bits per heavy atom. The van der Waals surface area contributed by atoms with Crippen LogP contribution in [0, 0.1) is 0 Å². The van der Waals surface area contributed by atoms with E-state index in [1.165, 1.54) is 0 Å². The number of nitrogens with two attached hydrogens (primary N) is 1. The lowest BCUT2D eigenvalue weighted by atomic mass is 10.1. The smallest absolute Gasteiger partial charge is 0.244 e. The van der Waals surface area contributed by atoms with Crippen LogP contribution in [0.3, 0.4) is 0 Å². The fourth-order valence-corrected chi connectivity index (χ4v) is 2.59. The molecule has 0 rings (SSSR count). The van der Waals surface area contributed by atoms with Gasteiger partial charge in [-0.15, -0.1) is 0 Å². The maximum Gasteiger partial charge on any atom is 0.244 e. The Bertz CT molecular complexity index is 544. The SMILES string of the molecule is CCCCNC(=O)[C@@H](N)CCCCNC(=O)C(CO)NC(=O)[C@H](CC)NC(=O)CC. The first kappa shape index (κ1) is 27.8. The van der Waals surface area contributed by atoms with Gasteiger partial charge in [-0.05, 0) is 32.1 Å². The predicted molar refractivity (Wildman–Crippen MR) is 114 cm³/mol. The summed E-state index contributed by atoms with van der Waals surface area (Å²) >= 11 is 0. The van der Waals surface area contributed by atoms with Gasteiger partial charge in [-0.2, -0.15) is 0 Å². The third kappa shape index (κ3) is 11.7. The van der Waals surface area contributed by atoms with Gasteiger partial charge in [0.15, 0.2) is 0 Å². The van der Waals surface area contributed by atoms with Crippen LogP contribution in [0.1, 0.15) is 65.7 Å². The van der Waals surface area contributed by atoms with E-state index in [9.17, 15) is 24.3 Å². The number of hydrogen-bond acceptors (Lipinski definition) is 6. The van der Waals surface area contributed by atoms with Crippen LogP contribution in [0.4, 0.5) is 0 Å². The number of unbranched alkanes of at least 4 members (excludes halogenated alkanes) is 2. The van der Waals surface area contributed by atoms with Crippen molar-refractivity contribution in [2.24, 2.45) is 5.73 Å². The first-order chi connectivity index (χ1) is 14.3. The van der Waals surface area contributed by atoms with Gasteiger partial charge < -0.3 is 32.1 Å². The summed E-state index contributed by atoms with van der Waals surface area (Å²) in [6.07, 6.45) is 4.29. The highest BCUT2D eigenvalue weighted by atomic mass is 16.3. The molecule has 0 heterocycles. The molecule has 0 aromatic carbocycles. The van der Waals surface area contributed by atoms with Crippen molar-refractivity contribution < 1.29 is 24.3 Å². The Labute approximate surface area is 179 Å². The molecule has 0 saturated heterocycles. The third-order valence-electron chi connectivity index (χ3n) is 4.60. The molecule has 0 aromatic heterocycles. The van der Waals surface area contributed by atoms with Gasteiger partial charge in [-0.1, -0.05) is 27.2 Å². The molecular formula is C20H39N5O5. The lowest BCUT2D eigenvalue weighted by Gasteiger charge is -2.21. The largest absolute Gasteiger partial charge is 0.394 e. The summed E-state index contributed by atoms with van der Waals surface area (Å²) in [7, 11) is 0. The summed E-state index contributed by atoms with van der Waals surface area (Å²) in [4.78, 5) is 47.7. The number of carbonyl (C=O) groups is 4. The molecule has 10 heteroatoms. The molecule has 0 aliphatic carbocycles. The molecule has 4 amide bonds. The average molecular weight is 430 g/mol. The Balaban J connectivity index is 4.24. The topological polar surface area (TPSA) is 163 Å². The number of carbonyl (C=O) groups excluding carboxylic acids is 4. The van der Waals surface area contributed by atoms with Crippen molar-refractivity contribution in [2.45, 2.75) is 83.8 Å². The van der Waals surface area contributed by atoms with E-state index >= 15 is 0 Å². The maximum absolute atomic E-state index is 12.2. The fourth-order valence-electron chi connectivity index (χ4n) is 2.59. The second-order valence-electron chi connectivity index (χ2n) is 7.16. The Kier molecular flexibility index (Phi) is 15.4. The Morgan fingerprint density at radius 2 is 1.47 bits per heavy atom. The molecule has 0 bridgehead atoms. The van der Waals surface area contributed by atoms with Gasteiger partial charge in [0, 0.05) is 19.5 Å². The molecular weight excluding hydrogens is 390 g/mol. The molecule has 0 aliphatic rings. The average Bonchev–Trinajstić information content (AvgIpc) is 2.74. The summed E-state index contributed by atoms with van der Waals surface area (Å²) in [6.45, 7) is 5.85. The zero-order valence-corrected chi connectivity index (χ0v) is 18.5. The third-order valence-corrected chi connectivity index (χ3v) is 4.60. The molecule has 0 saturated carbocycles. The number of rotatable bonds is 16. The molecule has 0 spiro atoms. The molecule has 10 nitrogen and oxygen atoms in total. The van der Waals surface area contributed by atoms with Gasteiger partial charge in [0.05, 0.1) is 12.6 Å². The highest BCUT2D eigenvalue weighted by Gasteiger charge is 2.24. The number of aliphatic hydroxyl groups is 1. The van der Waals surface area contributed by atoms with Crippen LogP contribution in [0.15, 0.2) is 0 Å². The molecule has 0 fully saturated rings. The van der Waals surface area contributed by atoms with Gasteiger partial charge in [-0.3, -0.25) is 19.2 Å². The van der Waals surface area contributed by atoms with Gasteiger partial charge in [0.25, 0.3) is 0 Å². The van der Waals surface area contributed by atoms with Gasteiger partial charge in [-0.25, -0.2) is 0 Å². The quantitative estimate of drug-likeness (QED) is 0.178. The first-order valence-corrected chi connectivity index (χ1v) is 10.8. The van der Waals surface area contributed by atoms with Crippen LogP contribution in [-0.4, -0.2) is 66.6 Å². The van der Waals surface area contributed by atoms with Crippen LogP contribution in [-0.2, 0) is 19.2 Å². The number of nitrogens with one attached hydrogen (secondary N) is 4. The number of hydrogen-bond donors (Lipinski definition) is 6. The predicted octanol–water partition coefficient (Wildman–Crippen LogP) is -0.702. The van der Waals surface area contributed by atoms with Crippen LogP contribution >= 0.6 is 0 Å².